The summed E-state index contributed by atoms with van der Waals surface area (Å²) >= 11 is 0. The highest BCUT2D eigenvalue weighted by molar-refractivity contribution is 5.18. The molecular weight excluding hydrogens is 112 g/mol. The van der Waals surface area contributed by atoms with E-state index in [1.807, 2.05) is 0 Å². The smallest absolute Gasteiger partial charge is 0.0726 e. The highest BCUT2D eigenvalue weighted by atomic mass is 16.3. The van der Waals surface area contributed by atoms with Gasteiger partial charge in [-0.05, 0) is 31.6 Å². The molecule has 0 aromatic rings. The van der Waals surface area contributed by atoms with Gasteiger partial charge in [0.1, 0.15) is 0 Å². The number of allylic oxidation sites excluding steroid dienone is 1. The molecule has 2 aliphatic rings. The second kappa shape index (κ2) is 1.84. The Morgan fingerprint density at radius 2 is 2.11 bits per heavy atom. The Morgan fingerprint density at radius 3 is 2.56 bits per heavy atom. The van der Waals surface area contributed by atoms with Gasteiger partial charge in [0.2, 0.25) is 0 Å². The van der Waals surface area contributed by atoms with Gasteiger partial charge in [0.25, 0.3) is 0 Å². The Labute approximate surface area is 55.4 Å². The van der Waals surface area contributed by atoms with Crippen molar-refractivity contribution in [3.05, 3.63) is 11.6 Å². The lowest BCUT2D eigenvalue weighted by Gasteiger charge is -1.91. The van der Waals surface area contributed by atoms with Crippen molar-refractivity contribution >= 4 is 0 Å². The third kappa shape index (κ3) is 1.01. The van der Waals surface area contributed by atoms with Crippen LogP contribution in [-0.2, 0) is 0 Å². The topological polar surface area (TPSA) is 20.2 Å². The molecule has 1 atom stereocenters. The minimum absolute atomic E-state index is 0.111. The summed E-state index contributed by atoms with van der Waals surface area (Å²) in [7, 11) is 0. The molecule has 0 aromatic heterocycles. The van der Waals surface area contributed by atoms with E-state index in [0.717, 1.165) is 18.8 Å². The summed E-state index contributed by atoms with van der Waals surface area (Å²) in [4.78, 5) is 0. The van der Waals surface area contributed by atoms with Gasteiger partial charge in [-0.2, -0.15) is 0 Å². The fourth-order valence-electron chi connectivity index (χ4n) is 1.52. The molecule has 0 amide bonds. The summed E-state index contributed by atoms with van der Waals surface area (Å²) in [6.45, 7) is 0. The van der Waals surface area contributed by atoms with Gasteiger partial charge in [0.05, 0.1) is 6.10 Å². The molecule has 0 aromatic carbocycles. The molecule has 0 saturated heterocycles. The molecule has 0 aliphatic heterocycles. The molecule has 1 heteroatoms. The number of aliphatic hydroxyl groups is 1. The third-order valence-corrected chi connectivity index (χ3v) is 2.24. The van der Waals surface area contributed by atoms with Crippen molar-refractivity contribution in [2.24, 2.45) is 5.92 Å². The Kier molecular flexibility index (Phi) is 1.12. The molecule has 9 heavy (non-hydrogen) atoms. The Bertz CT molecular complexity index is 145. The lowest BCUT2D eigenvalue weighted by Crippen LogP contribution is -1.93. The predicted molar refractivity (Wildman–Crippen MR) is 36.0 cm³/mol. The first-order chi connectivity index (χ1) is 4.36. The van der Waals surface area contributed by atoms with Crippen LogP contribution in [0.25, 0.3) is 0 Å². The molecular formula is C8H12O. The summed E-state index contributed by atoms with van der Waals surface area (Å²) in [5.41, 5.74) is 1.53. The number of aliphatic hydroxyl groups excluding tert-OH is 1. The molecule has 0 bridgehead atoms. The van der Waals surface area contributed by atoms with Crippen LogP contribution in [0.1, 0.15) is 25.7 Å². The van der Waals surface area contributed by atoms with Crippen LogP contribution >= 0.6 is 0 Å². The van der Waals surface area contributed by atoms with Crippen molar-refractivity contribution in [1.29, 1.82) is 0 Å². The van der Waals surface area contributed by atoms with Crippen LogP contribution in [0.5, 0.6) is 0 Å². The van der Waals surface area contributed by atoms with Crippen molar-refractivity contribution in [1.82, 2.24) is 0 Å². The van der Waals surface area contributed by atoms with Crippen LogP contribution in [0, 0.1) is 5.92 Å². The summed E-state index contributed by atoms with van der Waals surface area (Å²) in [6.07, 6.45) is 6.83. The van der Waals surface area contributed by atoms with Crippen LogP contribution in [0.3, 0.4) is 0 Å². The normalized spacial score (nSPS) is 34.8. The minimum atomic E-state index is -0.111. The van der Waals surface area contributed by atoms with Crippen molar-refractivity contribution in [3.8, 4) is 0 Å². The van der Waals surface area contributed by atoms with Crippen LogP contribution in [0.2, 0.25) is 0 Å². The highest BCUT2D eigenvalue weighted by Gasteiger charge is 2.28. The molecule has 0 spiro atoms. The molecule has 1 N–H and O–H groups in total. The van der Waals surface area contributed by atoms with Crippen molar-refractivity contribution in [2.45, 2.75) is 31.8 Å². The first-order valence-corrected chi connectivity index (χ1v) is 3.75. The van der Waals surface area contributed by atoms with Crippen molar-refractivity contribution < 1.29 is 5.11 Å². The lowest BCUT2D eigenvalue weighted by atomic mass is 10.1. The van der Waals surface area contributed by atoms with Gasteiger partial charge in [-0.1, -0.05) is 11.6 Å². The Morgan fingerprint density at radius 1 is 1.33 bits per heavy atom. The van der Waals surface area contributed by atoms with E-state index in [9.17, 15) is 0 Å². The van der Waals surface area contributed by atoms with Crippen molar-refractivity contribution in [2.75, 3.05) is 0 Å². The van der Waals surface area contributed by atoms with Crippen LogP contribution in [0.4, 0.5) is 0 Å². The molecule has 2 aliphatic carbocycles. The second-order valence-electron chi connectivity index (χ2n) is 3.12. The molecule has 0 radical (unpaired) electrons. The van der Waals surface area contributed by atoms with Gasteiger partial charge < -0.3 is 5.11 Å². The Hall–Kier alpha value is -0.300. The first kappa shape index (κ1) is 5.48. The second-order valence-corrected chi connectivity index (χ2v) is 3.12. The zero-order valence-electron chi connectivity index (χ0n) is 5.51. The van der Waals surface area contributed by atoms with Gasteiger partial charge in [-0.15, -0.1) is 0 Å². The molecule has 1 unspecified atom stereocenters. The van der Waals surface area contributed by atoms with E-state index in [1.165, 1.54) is 18.4 Å². The van der Waals surface area contributed by atoms with Gasteiger partial charge in [0, 0.05) is 0 Å². The predicted octanol–water partition coefficient (Wildman–Crippen LogP) is 1.48. The van der Waals surface area contributed by atoms with E-state index in [1.54, 1.807) is 0 Å². The van der Waals surface area contributed by atoms with Crippen LogP contribution in [0.15, 0.2) is 11.6 Å². The summed E-state index contributed by atoms with van der Waals surface area (Å²) in [5, 5.41) is 9.10. The number of hydrogen-bond acceptors (Lipinski definition) is 1. The zero-order valence-corrected chi connectivity index (χ0v) is 5.51. The van der Waals surface area contributed by atoms with Gasteiger partial charge in [0.15, 0.2) is 0 Å². The first-order valence-electron chi connectivity index (χ1n) is 3.75. The van der Waals surface area contributed by atoms with E-state index in [4.69, 9.17) is 5.11 Å². The Balaban J connectivity index is 2.03. The monoisotopic (exact) mass is 124 g/mol. The third-order valence-electron chi connectivity index (χ3n) is 2.24. The quantitative estimate of drug-likeness (QED) is 0.525. The van der Waals surface area contributed by atoms with Gasteiger partial charge >= 0.3 is 0 Å². The van der Waals surface area contributed by atoms with Gasteiger partial charge in [-0.25, -0.2) is 0 Å². The maximum Gasteiger partial charge on any atom is 0.0726 e. The molecule has 0 heterocycles. The zero-order chi connectivity index (χ0) is 6.27. The standard InChI is InChI=1S/C8H12O/c9-8-4-3-7(5-8)6-1-2-6/h5-6,8-9H,1-4H2. The van der Waals surface area contributed by atoms with Crippen LogP contribution in [-0.4, -0.2) is 11.2 Å². The lowest BCUT2D eigenvalue weighted by molar-refractivity contribution is 0.223. The summed E-state index contributed by atoms with van der Waals surface area (Å²) < 4.78 is 0. The maximum absolute atomic E-state index is 9.10. The van der Waals surface area contributed by atoms with E-state index in [2.05, 4.69) is 6.08 Å². The maximum atomic E-state index is 9.10. The fraction of sp³-hybridized carbons (Fsp3) is 0.750. The summed E-state index contributed by atoms with van der Waals surface area (Å²) in [5.74, 6) is 0.877. The largest absolute Gasteiger partial charge is 0.389 e. The molecule has 2 rings (SSSR count). The molecule has 1 nitrogen and oxygen atoms in total. The van der Waals surface area contributed by atoms with E-state index in [-0.39, 0.29) is 6.10 Å². The van der Waals surface area contributed by atoms with Crippen LogP contribution < -0.4 is 0 Å². The highest BCUT2D eigenvalue weighted by Crippen LogP contribution is 2.41. The van der Waals surface area contributed by atoms with E-state index in [0.29, 0.717) is 0 Å². The number of rotatable bonds is 1. The average Bonchev–Trinajstić information content (AvgIpc) is 2.58. The molecule has 50 valence electrons. The molecule has 1 saturated carbocycles. The SMILES string of the molecule is OC1C=C(C2CC2)CC1. The summed E-state index contributed by atoms with van der Waals surface area (Å²) in [6, 6.07) is 0. The van der Waals surface area contributed by atoms with Crippen molar-refractivity contribution in [3.63, 3.8) is 0 Å². The van der Waals surface area contributed by atoms with E-state index < -0.39 is 0 Å². The van der Waals surface area contributed by atoms with E-state index >= 15 is 0 Å². The number of hydrogen-bond donors (Lipinski definition) is 1. The van der Waals surface area contributed by atoms with Gasteiger partial charge in [-0.3, -0.25) is 0 Å². The minimum Gasteiger partial charge on any atom is -0.389 e. The average molecular weight is 124 g/mol. The molecule has 1 fully saturated rings. The fourth-order valence-corrected chi connectivity index (χ4v) is 1.52.